The number of alkyl halides is 3. The molecule has 0 saturated carbocycles. The molecule has 0 fully saturated rings. The van der Waals surface area contributed by atoms with E-state index in [-0.39, 0.29) is 23.6 Å². The highest BCUT2D eigenvalue weighted by Crippen LogP contribution is 2.31. The quantitative estimate of drug-likeness (QED) is 0.471. The topological polar surface area (TPSA) is 64.1 Å². The van der Waals surface area contributed by atoms with Crippen molar-refractivity contribution in [1.82, 2.24) is 15.3 Å². The molecule has 2 aromatic heterocycles. The molecule has 3 aromatic rings. The van der Waals surface area contributed by atoms with Gasteiger partial charge < -0.3 is 10.1 Å². The fourth-order valence-corrected chi connectivity index (χ4v) is 3.58. The molecule has 1 N–H and O–H groups in total. The number of hydrogen-bond acceptors (Lipinski definition) is 5. The van der Waals surface area contributed by atoms with E-state index in [0.717, 1.165) is 10.7 Å². The van der Waals surface area contributed by atoms with Crippen molar-refractivity contribution < 1.29 is 22.7 Å². The Morgan fingerprint density at radius 2 is 1.97 bits per heavy atom. The maximum Gasteiger partial charge on any atom is 0.422 e. The van der Waals surface area contributed by atoms with Gasteiger partial charge in [0, 0.05) is 28.1 Å². The van der Waals surface area contributed by atoms with Crippen LogP contribution in [0.4, 0.5) is 13.2 Å². The third-order valence-corrected chi connectivity index (χ3v) is 5.58. The number of halogens is 4. The van der Waals surface area contributed by atoms with E-state index >= 15 is 0 Å². The number of hydrogen-bond donors (Lipinski definition) is 1. The van der Waals surface area contributed by atoms with Crippen molar-refractivity contribution in [1.29, 1.82) is 0 Å². The molecule has 0 atom stereocenters. The fourth-order valence-electron chi connectivity index (χ4n) is 2.62. The predicted molar refractivity (Wildman–Crippen MR) is 114 cm³/mol. The van der Waals surface area contributed by atoms with Crippen molar-refractivity contribution in [3.63, 3.8) is 0 Å². The molecule has 164 valence electrons. The molecule has 0 aliphatic heterocycles. The van der Waals surface area contributed by atoms with Crippen LogP contribution < -0.4 is 10.1 Å². The second-order valence-corrected chi connectivity index (χ2v) is 8.33. The Kier molecular flexibility index (Phi) is 7.17. The summed E-state index contributed by atoms with van der Waals surface area (Å²) in [5, 5.41) is 6.07. The summed E-state index contributed by atoms with van der Waals surface area (Å²) in [5.74, 6) is -0.355. The average molecular weight is 470 g/mol. The number of ether oxygens (including phenoxy) is 1. The van der Waals surface area contributed by atoms with Crippen molar-refractivity contribution in [2.75, 3.05) is 6.61 Å². The predicted octanol–water partition coefficient (Wildman–Crippen LogP) is 5.85. The normalized spacial score (nSPS) is 11.6. The van der Waals surface area contributed by atoms with Crippen LogP contribution in [0.1, 0.15) is 40.8 Å². The highest BCUT2D eigenvalue weighted by Gasteiger charge is 2.29. The van der Waals surface area contributed by atoms with Crippen LogP contribution in [0.2, 0.25) is 5.02 Å². The summed E-state index contributed by atoms with van der Waals surface area (Å²) in [4.78, 5) is 21.0. The van der Waals surface area contributed by atoms with Gasteiger partial charge in [-0.05, 0) is 23.8 Å². The fraction of sp³-hybridized carbons (Fsp3) is 0.286. The zero-order valence-corrected chi connectivity index (χ0v) is 18.2. The van der Waals surface area contributed by atoms with E-state index in [1.165, 1.54) is 23.6 Å². The van der Waals surface area contributed by atoms with Crippen molar-refractivity contribution in [2.45, 2.75) is 32.5 Å². The van der Waals surface area contributed by atoms with Gasteiger partial charge >= 0.3 is 6.18 Å². The molecule has 10 heteroatoms. The molecule has 2 heterocycles. The minimum Gasteiger partial charge on any atom is -0.468 e. The maximum atomic E-state index is 12.6. The van der Waals surface area contributed by atoms with Gasteiger partial charge in [-0.25, -0.2) is 9.97 Å². The largest absolute Gasteiger partial charge is 0.468 e. The van der Waals surface area contributed by atoms with Crippen molar-refractivity contribution in [2.24, 2.45) is 0 Å². The molecule has 0 saturated heterocycles. The van der Waals surface area contributed by atoms with Gasteiger partial charge in [-0.1, -0.05) is 37.6 Å². The summed E-state index contributed by atoms with van der Waals surface area (Å²) in [7, 11) is 0. The Balaban J connectivity index is 1.81. The Hall–Kier alpha value is -2.65. The molecule has 0 radical (unpaired) electrons. The first kappa shape index (κ1) is 23.0. The lowest BCUT2D eigenvalue weighted by Crippen LogP contribution is -2.23. The van der Waals surface area contributed by atoms with Crippen LogP contribution >= 0.6 is 22.9 Å². The number of thiazole rings is 1. The average Bonchev–Trinajstić information content (AvgIpc) is 3.20. The molecule has 1 aromatic carbocycles. The van der Waals surface area contributed by atoms with Crippen LogP contribution in [0, 0.1) is 0 Å². The van der Waals surface area contributed by atoms with Crippen LogP contribution in [0.25, 0.3) is 11.1 Å². The third-order valence-electron chi connectivity index (χ3n) is 4.13. The molecule has 3 rings (SSSR count). The Morgan fingerprint density at radius 3 is 2.58 bits per heavy atom. The van der Waals surface area contributed by atoms with E-state index in [0.29, 0.717) is 16.5 Å². The highest BCUT2D eigenvalue weighted by atomic mass is 35.5. The van der Waals surface area contributed by atoms with Crippen molar-refractivity contribution in [3.05, 3.63) is 63.2 Å². The number of nitrogens with zero attached hydrogens (tertiary/aromatic N) is 2. The minimum atomic E-state index is -4.52. The van der Waals surface area contributed by atoms with E-state index in [9.17, 15) is 18.0 Å². The van der Waals surface area contributed by atoms with Gasteiger partial charge in [0.1, 0.15) is 0 Å². The lowest BCUT2D eigenvalue weighted by molar-refractivity contribution is -0.154. The number of carbonyl (C=O) groups is 1. The van der Waals surface area contributed by atoms with Gasteiger partial charge in [-0.3, -0.25) is 4.79 Å². The van der Waals surface area contributed by atoms with E-state index in [1.807, 2.05) is 19.2 Å². The van der Waals surface area contributed by atoms with Gasteiger partial charge in [0.25, 0.3) is 5.91 Å². The second-order valence-electron chi connectivity index (χ2n) is 7.00. The molecule has 0 unspecified atom stereocenters. The van der Waals surface area contributed by atoms with E-state index in [4.69, 9.17) is 16.3 Å². The van der Waals surface area contributed by atoms with Gasteiger partial charge in [-0.2, -0.15) is 13.2 Å². The first-order valence-corrected chi connectivity index (χ1v) is 10.6. The smallest absolute Gasteiger partial charge is 0.422 e. The van der Waals surface area contributed by atoms with Crippen LogP contribution in [0.5, 0.6) is 5.88 Å². The molecular weight excluding hydrogens is 451 g/mol. The van der Waals surface area contributed by atoms with Gasteiger partial charge in [0.2, 0.25) is 5.88 Å². The maximum absolute atomic E-state index is 12.6. The van der Waals surface area contributed by atoms with Gasteiger partial charge in [0.05, 0.1) is 22.8 Å². The first-order chi connectivity index (χ1) is 14.6. The number of aromatic nitrogens is 2. The second kappa shape index (κ2) is 9.65. The number of rotatable bonds is 7. The number of amides is 1. The molecule has 5 nitrogen and oxygen atoms in total. The third kappa shape index (κ3) is 6.41. The monoisotopic (exact) mass is 469 g/mol. The number of carbonyl (C=O) groups excluding carboxylic acids is 1. The summed E-state index contributed by atoms with van der Waals surface area (Å²) in [5.41, 5.74) is 1.69. The zero-order valence-electron chi connectivity index (χ0n) is 16.7. The molecule has 0 aliphatic rings. The molecule has 31 heavy (non-hydrogen) atoms. The summed E-state index contributed by atoms with van der Waals surface area (Å²) >= 11 is 7.42. The molecule has 0 spiro atoms. The van der Waals surface area contributed by atoms with Crippen LogP contribution in [0.3, 0.4) is 0 Å². The van der Waals surface area contributed by atoms with Crippen molar-refractivity contribution >= 4 is 28.8 Å². The lowest BCUT2D eigenvalue weighted by atomic mass is 10.0. The Bertz CT molecular complexity index is 1050. The molecule has 1 amide bonds. The van der Waals surface area contributed by atoms with Crippen molar-refractivity contribution in [3.8, 4) is 17.0 Å². The van der Waals surface area contributed by atoms with Crippen LogP contribution in [-0.2, 0) is 6.54 Å². The number of nitrogens with one attached hydrogen (secondary N) is 1. The zero-order chi connectivity index (χ0) is 22.6. The van der Waals surface area contributed by atoms with E-state index in [2.05, 4.69) is 15.3 Å². The first-order valence-electron chi connectivity index (χ1n) is 9.30. The summed E-state index contributed by atoms with van der Waals surface area (Å²) in [6.07, 6.45) is -3.33. The van der Waals surface area contributed by atoms with E-state index in [1.54, 1.807) is 24.3 Å². The summed E-state index contributed by atoms with van der Waals surface area (Å²) in [6.45, 7) is 2.81. The highest BCUT2D eigenvalue weighted by molar-refractivity contribution is 7.09. The Labute approximate surface area is 186 Å². The SMILES string of the molecule is CC(C)c1nc(CNC(=O)c2cnc(OCC(F)(F)F)c(-c3ccc(Cl)cc3)c2)cs1. The number of benzene rings is 1. The van der Waals surface area contributed by atoms with Gasteiger partial charge in [-0.15, -0.1) is 11.3 Å². The summed E-state index contributed by atoms with van der Waals surface area (Å²) in [6, 6.07) is 7.85. The van der Waals surface area contributed by atoms with Crippen LogP contribution in [0.15, 0.2) is 41.9 Å². The molecule has 0 bridgehead atoms. The number of pyridine rings is 1. The standard InChI is InChI=1S/C21H19ClF3N3O2S/c1-12(2)20-28-16(10-31-20)9-26-18(29)14-7-17(13-3-5-15(22)6-4-13)19(27-8-14)30-11-21(23,24)25/h3-8,10,12H,9,11H2,1-2H3,(H,26,29). The molecule has 0 aliphatic carbocycles. The van der Waals surface area contributed by atoms with Crippen LogP contribution in [-0.4, -0.2) is 28.7 Å². The summed E-state index contributed by atoms with van der Waals surface area (Å²) < 4.78 is 42.7. The lowest BCUT2D eigenvalue weighted by Gasteiger charge is -2.14. The minimum absolute atomic E-state index is 0.184. The Morgan fingerprint density at radius 1 is 1.26 bits per heavy atom. The van der Waals surface area contributed by atoms with Gasteiger partial charge in [0.15, 0.2) is 6.61 Å². The molecular formula is C21H19ClF3N3O2S. The van der Waals surface area contributed by atoms with E-state index < -0.39 is 18.7 Å².